The largest absolute Gasteiger partial charge is 0.326 e. The van der Waals surface area contributed by atoms with Gasteiger partial charge in [0.25, 0.3) is 0 Å². The summed E-state index contributed by atoms with van der Waals surface area (Å²) in [5.41, 5.74) is 0.104. The number of halogens is 2. The van der Waals surface area contributed by atoms with E-state index >= 15 is 0 Å². The molecule has 1 N–H and O–H groups in total. The summed E-state index contributed by atoms with van der Waals surface area (Å²) in [5.74, 6) is -1.81. The predicted octanol–water partition coefficient (Wildman–Crippen LogP) is 2.87. The molecule has 2 nitrogen and oxygen atoms in total. The van der Waals surface area contributed by atoms with Gasteiger partial charge in [-0.1, -0.05) is 13.8 Å². The lowest BCUT2D eigenvalue weighted by Crippen LogP contribution is -2.18. The summed E-state index contributed by atoms with van der Waals surface area (Å²) in [6.07, 6.45) is 0. The summed E-state index contributed by atoms with van der Waals surface area (Å²) >= 11 is 0. The molecule has 0 aliphatic rings. The number of hydrogen-bond donors (Lipinski definition) is 1. The molecule has 0 atom stereocenters. The molecule has 0 saturated carbocycles. The zero-order chi connectivity index (χ0) is 11.6. The first-order valence-corrected chi connectivity index (χ1v) is 4.68. The van der Waals surface area contributed by atoms with Crippen LogP contribution in [0.4, 0.5) is 14.5 Å². The number of hydrogen-bond acceptors (Lipinski definition) is 1. The lowest BCUT2D eigenvalue weighted by molar-refractivity contribution is -0.118. The Labute approximate surface area is 87.3 Å². The molecule has 0 saturated heterocycles. The number of amides is 1. The van der Waals surface area contributed by atoms with Crippen molar-refractivity contribution in [2.45, 2.75) is 20.8 Å². The molecule has 1 rings (SSSR count). The lowest BCUT2D eigenvalue weighted by Gasteiger charge is -2.09. The van der Waals surface area contributed by atoms with E-state index in [9.17, 15) is 13.6 Å². The van der Waals surface area contributed by atoms with Crippen LogP contribution >= 0.6 is 0 Å². The van der Waals surface area contributed by atoms with Gasteiger partial charge < -0.3 is 5.32 Å². The number of benzene rings is 1. The van der Waals surface area contributed by atoms with Crippen LogP contribution in [0.25, 0.3) is 0 Å². The number of carbonyl (C=O) groups is 1. The van der Waals surface area contributed by atoms with Gasteiger partial charge in [0.05, 0.1) is 0 Å². The quantitative estimate of drug-likeness (QED) is 0.804. The van der Waals surface area contributed by atoms with E-state index in [0.717, 1.165) is 12.1 Å². The van der Waals surface area contributed by atoms with Crippen molar-refractivity contribution >= 4 is 11.6 Å². The van der Waals surface area contributed by atoms with E-state index in [1.807, 2.05) is 0 Å². The highest BCUT2D eigenvalue weighted by molar-refractivity contribution is 5.92. The molecule has 1 aromatic rings. The maximum atomic E-state index is 13.1. The van der Waals surface area contributed by atoms with E-state index in [2.05, 4.69) is 5.32 Å². The van der Waals surface area contributed by atoms with Crippen molar-refractivity contribution in [2.75, 3.05) is 5.32 Å². The van der Waals surface area contributed by atoms with Crippen LogP contribution in [0.3, 0.4) is 0 Å². The molecule has 4 heteroatoms. The topological polar surface area (TPSA) is 29.1 Å². The van der Waals surface area contributed by atoms with Crippen molar-refractivity contribution in [3.05, 3.63) is 29.3 Å². The van der Waals surface area contributed by atoms with Crippen molar-refractivity contribution in [1.82, 2.24) is 0 Å². The van der Waals surface area contributed by atoms with E-state index in [-0.39, 0.29) is 23.1 Å². The van der Waals surface area contributed by atoms with E-state index in [1.54, 1.807) is 13.8 Å². The average molecular weight is 213 g/mol. The zero-order valence-corrected chi connectivity index (χ0v) is 8.90. The molecule has 0 aliphatic heterocycles. The van der Waals surface area contributed by atoms with Crippen molar-refractivity contribution in [3.63, 3.8) is 0 Å². The van der Waals surface area contributed by atoms with Gasteiger partial charge in [-0.05, 0) is 19.1 Å². The van der Waals surface area contributed by atoms with E-state index < -0.39 is 11.6 Å². The molecule has 82 valence electrons. The minimum absolute atomic E-state index is 0.0439. The van der Waals surface area contributed by atoms with Gasteiger partial charge in [0.15, 0.2) is 0 Å². The Balaban J connectivity index is 2.93. The fraction of sp³-hybridized carbons (Fsp3) is 0.364. The van der Waals surface area contributed by atoms with Crippen LogP contribution in [-0.4, -0.2) is 5.91 Å². The monoisotopic (exact) mass is 213 g/mol. The van der Waals surface area contributed by atoms with Crippen LogP contribution < -0.4 is 5.32 Å². The third-order valence-electron chi connectivity index (χ3n) is 2.07. The zero-order valence-electron chi connectivity index (χ0n) is 8.90. The number of carbonyl (C=O) groups excluding carboxylic acids is 1. The normalized spacial score (nSPS) is 10.5. The molecule has 0 fully saturated rings. The van der Waals surface area contributed by atoms with Crippen molar-refractivity contribution in [3.8, 4) is 0 Å². The summed E-state index contributed by atoms with van der Waals surface area (Å²) in [7, 11) is 0. The maximum Gasteiger partial charge on any atom is 0.226 e. The van der Waals surface area contributed by atoms with Crippen molar-refractivity contribution < 1.29 is 13.6 Å². The number of nitrogens with one attached hydrogen (secondary N) is 1. The Morgan fingerprint density at radius 2 is 1.73 bits per heavy atom. The standard InChI is InChI=1S/C11H13F2NO/c1-6(2)11(15)14-8-4-9(12)7(3)10(13)5-8/h4-6H,1-3H3,(H,14,15). The van der Waals surface area contributed by atoms with Gasteiger partial charge >= 0.3 is 0 Å². The second kappa shape index (κ2) is 4.38. The summed E-state index contributed by atoms with van der Waals surface area (Å²) in [6, 6.07) is 2.22. The highest BCUT2D eigenvalue weighted by Gasteiger charge is 2.11. The van der Waals surface area contributed by atoms with Crippen LogP contribution in [0.2, 0.25) is 0 Å². The molecule has 0 aromatic heterocycles. The minimum Gasteiger partial charge on any atom is -0.326 e. The highest BCUT2D eigenvalue weighted by Crippen LogP contribution is 2.18. The minimum atomic E-state index is -0.658. The van der Waals surface area contributed by atoms with Gasteiger partial charge in [0.1, 0.15) is 11.6 Å². The predicted molar refractivity (Wildman–Crippen MR) is 54.6 cm³/mol. The van der Waals surface area contributed by atoms with Crippen molar-refractivity contribution in [1.29, 1.82) is 0 Å². The summed E-state index contributed by atoms with van der Waals surface area (Å²) < 4.78 is 26.2. The Morgan fingerprint density at radius 1 is 1.27 bits per heavy atom. The second-order valence-corrected chi connectivity index (χ2v) is 3.71. The molecule has 1 amide bonds. The van der Waals surface area contributed by atoms with Crippen LogP contribution in [0.1, 0.15) is 19.4 Å². The smallest absolute Gasteiger partial charge is 0.226 e. The van der Waals surface area contributed by atoms with Crippen molar-refractivity contribution in [2.24, 2.45) is 5.92 Å². The van der Waals surface area contributed by atoms with Gasteiger partial charge in [-0.15, -0.1) is 0 Å². The van der Waals surface area contributed by atoms with Crippen LogP contribution in [0.5, 0.6) is 0 Å². The first kappa shape index (κ1) is 11.6. The molecule has 0 radical (unpaired) electrons. The van der Waals surface area contributed by atoms with E-state index in [0.29, 0.717) is 0 Å². The average Bonchev–Trinajstić information content (AvgIpc) is 2.13. The van der Waals surface area contributed by atoms with Gasteiger partial charge in [0.2, 0.25) is 5.91 Å². The Bertz CT molecular complexity index is 365. The van der Waals surface area contributed by atoms with Gasteiger partial charge in [0, 0.05) is 17.2 Å². The lowest BCUT2D eigenvalue weighted by atomic mass is 10.1. The molecular weight excluding hydrogens is 200 g/mol. The SMILES string of the molecule is Cc1c(F)cc(NC(=O)C(C)C)cc1F. The molecule has 0 aliphatic carbocycles. The van der Waals surface area contributed by atoms with Gasteiger partial charge in [-0.2, -0.15) is 0 Å². The third kappa shape index (κ3) is 2.75. The Kier molecular flexibility index (Phi) is 3.39. The van der Waals surface area contributed by atoms with Gasteiger partial charge in [-0.25, -0.2) is 8.78 Å². The van der Waals surface area contributed by atoms with E-state index in [1.165, 1.54) is 6.92 Å². The number of rotatable bonds is 2. The van der Waals surface area contributed by atoms with E-state index in [4.69, 9.17) is 0 Å². The van der Waals surface area contributed by atoms with Gasteiger partial charge in [-0.3, -0.25) is 4.79 Å². The fourth-order valence-corrected chi connectivity index (χ4v) is 1.00. The summed E-state index contributed by atoms with van der Waals surface area (Å²) in [5, 5.41) is 2.43. The molecule has 0 spiro atoms. The first-order chi connectivity index (χ1) is 6.91. The fourth-order valence-electron chi connectivity index (χ4n) is 1.00. The molecule has 0 unspecified atom stereocenters. The maximum absolute atomic E-state index is 13.1. The molecule has 15 heavy (non-hydrogen) atoms. The summed E-state index contributed by atoms with van der Waals surface area (Å²) in [4.78, 5) is 11.3. The molecule has 0 bridgehead atoms. The molecule has 1 aromatic carbocycles. The Hall–Kier alpha value is -1.45. The first-order valence-electron chi connectivity index (χ1n) is 4.68. The Morgan fingerprint density at radius 3 is 2.13 bits per heavy atom. The highest BCUT2D eigenvalue weighted by atomic mass is 19.1. The number of anilines is 1. The molecule has 0 heterocycles. The summed E-state index contributed by atoms with van der Waals surface area (Å²) in [6.45, 7) is 4.76. The molecular formula is C11H13F2NO. The van der Waals surface area contributed by atoms with Crippen LogP contribution in [-0.2, 0) is 4.79 Å². The second-order valence-electron chi connectivity index (χ2n) is 3.71. The van der Waals surface area contributed by atoms with Crippen LogP contribution in [0.15, 0.2) is 12.1 Å². The van der Waals surface area contributed by atoms with Crippen LogP contribution in [0, 0.1) is 24.5 Å². The third-order valence-corrected chi connectivity index (χ3v) is 2.07.